The number of rotatable bonds is 3. The van der Waals surface area contributed by atoms with E-state index in [1.165, 1.54) is 17.5 Å². The van der Waals surface area contributed by atoms with Crippen LogP contribution >= 0.6 is 27.3 Å². The van der Waals surface area contributed by atoms with E-state index in [1.54, 1.807) is 23.9 Å². The van der Waals surface area contributed by atoms with Crippen LogP contribution in [0.4, 0.5) is 0 Å². The van der Waals surface area contributed by atoms with Gasteiger partial charge < -0.3 is 4.57 Å². The molecule has 2 aromatic heterocycles. The molecule has 0 bridgehead atoms. The van der Waals surface area contributed by atoms with Crippen LogP contribution in [-0.2, 0) is 7.05 Å². The second-order valence-electron chi connectivity index (χ2n) is 4.96. The van der Waals surface area contributed by atoms with Crippen molar-refractivity contribution < 1.29 is 9.59 Å². The summed E-state index contributed by atoms with van der Waals surface area (Å²) in [7, 11) is 1.75. The van der Waals surface area contributed by atoms with Crippen LogP contribution in [0.5, 0.6) is 0 Å². The first kappa shape index (κ1) is 16.4. The fourth-order valence-electron chi connectivity index (χ4n) is 2.08. The second-order valence-corrected chi connectivity index (χ2v) is 6.90. The molecular formula is C16H13BrN4O2S. The van der Waals surface area contributed by atoms with Crippen molar-refractivity contribution in [3.63, 3.8) is 0 Å². The van der Waals surface area contributed by atoms with Crippen molar-refractivity contribution in [3.05, 3.63) is 63.8 Å². The van der Waals surface area contributed by atoms with Crippen LogP contribution in [0.2, 0.25) is 0 Å². The van der Waals surface area contributed by atoms with Gasteiger partial charge in [0.05, 0.1) is 6.20 Å². The van der Waals surface area contributed by atoms with E-state index in [0.29, 0.717) is 10.6 Å². The minimum Gasteiger partial charge on any atom is -0.345 e. The van der Waals surface area contributed by atoms with Crippen LogP contribution in [0.3, 0.4) is 0 Å². The zero-order chi connectivity index (χ0) is 17.1. The van der Waals surface area contributed by atoms with Gasteiger partial charge in [0, 0.05) is 23.3 Å². The first-order chi connectivity index (χ1) is 11.5. The minimum absolute atomic E-state index is 0.399. The molecule has 0 fully saturated rings. The van der Waals surface area contributed by atoms with E-state index in [1.807, 2.05) is 30.3 Å². The maximum atomic E-state index is 12.1. The number of thiazole rings is 1. The summed E-state index contributed by atoms with van der Waals surface area (Å²) in [5, 5.41) is 0.749. The third-order valence-electron chi connectivity index (χ3n) is 3.24. The first-order valence-electron chi connectivity index (χ1n) is 6.98. The van der Waals surface area contributed by atoms with E-state index in [2.05, 4.69) is 31.8 Å². The highest BCUT2D eigenvalue weighted by Crippen LogP contribution is 2.24. The Labute approximate surface area is 150 Å². The average molecular weight is 405 g/mol. The summed E-state index contributed by atoms with van der Waals surface area (Å²) >= 11 is 4.56. The van der Waals surface area contributed by atoms with Gasteiger partial charge in [0.15, 0.2) is 0 Å². The van der Waals surface area contributed by atoms with Gasteiger partial charge in [-0.05, 0) is 22.0 Å². The van der Waals surface area contributed by atoms with Crippen molar-refractivity contribution in [1.82, 2.24) is 20.4 Å². The van der Waals surface area contributed by atoms with Gasteiger partial charge in [-0.1, -0.05) is 30.3 Å². The summed E-state index contributed by atoms with van der Waals surface area (Å²) in [5.74, 6) is -0.805. The molecule has 0 saturated heterocycles. The number of hydrazine groups is 1. The van der Waals surface area contributed by atoms with E-state index in [9.17, 15) is 9.59 Å². The summed E-state index contributed by atoms with van der Waals surface area (Å²) in [6.45, 7) is 0. The second kappa shape index (κ2) is 6.98. The molecule has 8 heteroatoms. The van der Waals surface area contributed by atoms with E-state index >= 15 is 0 Å². The Balaban J connectivity index is 1.64. The molecule has 0 aliphatic rings. The Morgan fingerprint density at radius 1 is 1.17 bits per heavy atom. The van der Waals surface area contributed by atoms with Crippen LogP contribution in [0.1, 0.15) is 20.2 Å². The number of amides is 2. The molecule has 0 aliphatic heterocycles. The SMILES string of the molecule is Cn1cc(Br)cc1C(=O)NNC(=O)c1cnc(-c2ccccc2)s1. The van der Waals surface area contributed by atoms with E-state index < -0.39 is 11.8 Å². The van der Waals surface area contributed by atoms with Crippen LogP contribution in [0, 0.1) is 0 Å². The fraction of sp³-hybridized carbons (Fsp3) is 0.0625. The third-order valence-corrected chi connectivity index (χ3v) is 4.72. The molecule has 0 spiro atoms. The Morgan fingerprint density at radius 3 is 2.54 bits per heavy atom. The van der Waals surface area contributed by atoms with Crippen molar-refractivity contribution in [2.24, 2.45) is 7.05 Å². The fourth-order valence-corrected chi connectivity index (χ4v) is 3.42. The van der Waals surface area contributed by atoms with E-state index in [0.717, 1.165) is 15.0 Å². The van der Waals surface area contributed by atoms with Gasteiger partial charge in [-0.2, -0.15) is 0 Å². The normalized spacial score (nSPS) is 10.4. The van der Waals surface area contributed by atoms with Gasteiger partial charge >= 0.3 is 0 Å². The zero-order valence-electron chi connectivity index (χ0n) is 12.6. The molecular weight excluding hydrogens is 392 g/mol. The molecule has 0 saturated carbocycles. The number of aryl methyl sites for hydroxylation is 1. The van der Waals surface area contributed by atoms with Crippen LogP contribution in [0.15, 0.2) is 53.3 Å². The molecule has 0 radical (unpaired) electrons. The molecule has 3 rings (SSSR count). The van der Waals surface area contributed by atoms with Gasteiger partial charge in [-0.25, -0.2) is 4.98 Å². The number of carbonyl (C=O) groups is 2. The Morgan fingerprint density at radius 2 is 1.88 bits per heavy atom. The summed E-state index contributed by atoms with van der Waals surface area (Å²) < 4.78 is 2.45. The van der Waals surface area contributed by atoms with Crippen LogP contribution < -0.4 is 10.9 Å². The Hall–Kier alpha value is -2.45. The molecule has 2 N–H and O–H groups in total. The van der Waals surface area contributed by atoms with Crippen molar-refractivity contribution >= 4 is 39.1 Å². The number of nitrogens with one attached hydrogen (secondary N) is 2. The summed E-state index contributed by atoms with van der Waals surface area (Å²) in [4.78, 5) is 28.9. The van der Waals surface area contributed by atoms with Gasteiger partial charge in [-0.3, -0.25) is 20.4 Å². The summed E-state index contributed by atoms with van der Waals surface area (Å²) in [5.41, 5.74) is 6.17. The highest BCUT2D eigenvalue weighted by molar-refractivity contribution is 9.10. The van der Waals surface area contributed by atoms with Crippen molar-refractivity contribution in [3.8, 4) is 10.6 Å². The lowest BCUT2D eigenvalue weighted by Gasteiger charge is -2.06. The van der Waals surface area contributed by atoms with Crippen LogP contribution in [0.25, 0.3) is 10.6 Å². The van der Waals surface area contributed by atoms with Gasteiger partial charge in [0.1, 0.15) is 15.6 Å². The molecule has 3 aromatic rings. The summed E-state index contributed by atoms with van der Waals surface area (Å²) in [6, 6.07) is 11.3. The molecule has 6 nitrogen and oxygen atoms in total. The van der Waals surface area contributed by atoms with E-state index in [4.69, 9.17) is 0 Å². The minimum atomic E-state index is -0.406. The average Bonchev–Trinajstić information content (AvgIpc) is 3.20. The van der Waals surface area contributed by atoms with Gasteiger partial charge in [0.25, 0.3) is 11.8 Å². The predicted octanol–water partition coefficient (Wildman–Crippen LogP) is 2.99. The topological polar surface area (TPSA) is 76.0 Å². The lowest BCUT2D eigenvalue weighted by Crippen LogP contribution is -2.41. The highest BCUT2D eigenvalue weighted by atomic mass is 79.9. The van der Waals surface area contributed by atoms with Gasteiger partial charge in [-0.15, -0.1) is 11.3 Å². The molecule has 2 heterocycles. The smallest absolute Gasteiger partial charge is 0.286 e. The number of carbonyl (C=O) groups excluding carboxylic acids is 2. The lowest BCUT2D eigenvalue weighted by molar-refractivity contribution is 0.0844. The zero-order valence-corrected chi connectivity index (χ0v) is 15.0. The summed E-state index contributed by atoms with van der Waals surface area (Å²) in [6.07, 6.45) is 3.25. The number of benzene rings is 1. The Kier molecular flexibility index (Phi) is 4.77. The molecule has 1 aromatic carbocycles. The number of hydrogen-bond acceptors (Lipinski definition) is 4. The third kappa shape index (κ3) is 3.55. The lowest BCUT2D eigenvalue weighted by atomic mass is 10.2. The number of nitrogens with zero attached hydrogens (tertiary/aromatic N) is 2. The molecule has 0 unspecified atom stereocenters. The quantitative estimate of drug-likeness (QED) is 0.658. The van der Waals surface area contributed by atoms with E-state index in [-0.39, 0.29) is 0 Å². The standard InChI is InChI=1S/C16H13BrN4O2S/c1-21-9-11(17)7-12(21)14(22)19-20-15(23)13-8-18-16(24-13)10-5-3-2-4-6-10/h2-9H,1H3,(H,19,22)(H,20,23). The van der Waals surface area contributed by atoms with Crippen molar-refractivity contribution in [2.45, 2.75) is 0 Å². The number of hydrogen-bond donors (Lipinski definition) is 2. The molecule has 0 aliphatic carbocycles. The molecule has 0 atom stereocenters. The number of aromatic nitrogens is 2. The largest absolute Gasteiger partial charge is 0.345 e. The maximum Gasteiger partial charge on any atom is 0.286 e. The Bertz CT molecular complexity index is 889. The highest BCUT2D eigenvalue weighted by Gasteiger charge is 2.15. The maximum absolute atomic E-state index is 12.1. The first-order valence-corrected chi connectivity index (χ1v) is 8.59. The number of halogens is 1. The van der Waals surface area contributed by atoms with Crippen molar-refractivity contribution in [2.75, 3.05) is 0 Å². The molecule has 24 heavy (non-hydrogen) atoms. The molecule has 2 amide bonds. The monoisotopic (exact) mass is 404 g/mol. The van der Waals surface area contributed by atoms with Crippen LogP contribution in [-0.4, -0.2) is 21.4 Å². The van der Waals surface area contributed by atoms with Gasteiger partial charge in [0.2, 0.25) is 0 Å². The predicted molar refractivity (Wildman–Crippen MR) is 95.6 cm³/mol. The van der Waals surface area contributed by atoms with Crippen molar-refractivity contribution in [1.29, 1.82) is 0 Å². The molecule has 122 valence electrons.